The van der Waals surface area contributed by atoms with E-state index in [1.54, 1.807) is 26.4 Å². The van der Waals surface area contributed by atoms with Crippen LogP contribution < -0.4 is 10.1 Å². The number of hydrogen-bond donors (Lipinski definition) is 1. The van der Waals surface area contributed by atoms with Gasteiger partial charge in [-0.05, 0) is 42.4 Å². The molecule has 1 amide bonds. The third-order valence-electron chi connectivity index (χ3n) is 3.77. The number of thiazole rings is 1. The van der Waals surface area contributed by atoms with Gasteiger partial charge in [0, 0.05) is 23.1 Å². The van der Waals surface area contributed by atoms with Gasteiger partial charge in [0.1, 0.15) is 17.5 Å². The van der Waals surface area contributed by atoms with E-state index in [2.05, 4.69) is 10.3 Å². The predicted molar refractivity (Wildman–Crippen MR) is 98.6 cm³/mol. The van der Waals surface area contributed by atoms with Gasteiger partial charge in [0.05, 0.1) is 18.3 Å². The van der Waals surface area contributed by atoms with Crippen LogP contribution >= 0.6 is 11.3 Å². The summed E-state index contributed by atoms with van der Waals surface area (Å²) in [5.41, 5.74) is 3.12. The third-order valence-corrected chi connectivity index (χ3v) is 4.63. The van der Waals surface area contributed by atoms with Crippen molar-refractivity contribution in [2.24, 2.45) is 0 Å². The summed E-state index contributed by atoms with van der Waals surface area (Å²) in [7, 11) is 1.54. The Kier molecular flexibility index (Phi) is 4.72. The monoisotopic (exact) mass is 373 g/mol. The minimum Gasteiger partial charge on any atom is -0.496 e. The molecule has 134 valence electrons. The molecule has 1 aromatic carbocycles. The Hall–Kier alpha value is -3.20. The first-order valence-electron chi connectivity index (χ1n) is 7.54. The molecule has 2 heterocycles. The molecular weight excluding hydrogens is 358 g/mol. The van der Waals surface area contributed by atoms with Crippen LogP contribution in [0.2, 0.25) is 0 Å². The molecule has 0 atom stereocenters. The molecule has 0 radical (unpaired) electrons. The highest BCUT2D eigenvalue weighted by Crippen LogP contribution is 2.33. The van der Waals surface area contributed by atoms with Crippen LogP contribution in [0, 0.1) is 17.0 Å². The number of furan rings is 1. The van der Waals surface area contributed by atoms with Gasteiger partial charge < -0.3 is 9.15 Å². The van der Waals surface area contributed by atoms with Crippen molar-refractivity contribution < 1.29 is 18.9 Å². The van der Waals surface area contributed by atoms with Gasteiger partial charge in [-0.1, -0.05) is 0 Å². The number of nitrogens with zero attached hydrogens (tertiary/aromatic N) is 2. The van der Waals surface area contributed by atoms with E-state index in [4.69, 9.17) is 9.15 Å². The number of nitro groups is 1. The first-order chi connectivity index (χ1) is 12.4. The van der Waals surface area contributed by atoms with Gasteiger partial charge in [-0.25, -0.2) is 4.98 Å². The van der Waals surface area contributed by atoms with E-state index >= 15 is 0 Å². The third kappa shape index (κ3) is 3.42. The van der Waals surface area contributed by atoms with Crippen LogP contribution in [-0.4, -0.2) is 22.9 Å². The molecule has 8 nitrogen and oxygen atoms in total. The lowest BCUT2D eigenvalue weighted by atomic mass is 10.0. The number of benzene rings is 1. The van der Waals surface area contributed by atoms with Crippen LogP contribution in [0.5, 0.6) is 5.75 Å². The highest BCUT2D eigenvalue weighted by atomic mass is 32.1. The zero-order valence-corrected chi connectivity index (χ0v) is 15.0. The Bertz CT molecular complexity index is 1030. The fraction of sp³-hybridized carbons (Fsp3) is 0.176. The number of carbonyl (C=O) groups is 1. The van der Waals surface area contributed by atoms with Gasteiger partial charge in [0.2, 0.25) is 5.91 Å². The molecule has 9 heteroatoms. The van der Waals surface area contributed by atoms with Gasteiger partial charge >= 0.3 is 5.00 Å². The molecule has 2 aromatic heterocycles. The van der Waals surface area contributed by atoms with E-state index in [0.717, 1.165) is 34.0 Å². The zero-order chi connectivity index (χ0) is 18.8. The van der Waals surface area contributed by atoms with Crippen molar-refractivity contribution in [3.63, 3.8) is 0 Å². The zero-order valence-electron chi connectivity index (χ0n) is 14.2. The number of nitrogens with one attached hydrogen (secondary N) is 1. The highest BCUT2D eigenvalue weighted by molar-refractivity contribution is 7.18. The number of anilines is 1. The maximum absolute atomic E-state index is 12.2. The van der Waals surface area contributed by atoms with Crippen LogP contribution in [-0.2, 0) is 4.79 Å². The Balaban J connectivity index is 1.88. The summed E-state index contributed by atoms with van der Waals surface area (Å²) < 4.78 is 10.9. The van der Waals surface area contributed by atoms with Crippen molar-refractivity contribution in [3.05, 3.63) is 51.9 Å². The van der Waals surface area contributed by atoms with E-state index in [0.29, 0.717) is 16.9 Å². The van der Waals surface area contributed by atoms with Gasteiger partial charge in [0.15, 0.2) is 5.13 Å². The fourth-order valence-corrected chi connectivity index (χ4v) is 3.12. The number of amides is 1. The number of carbonyl (C=O) groups excluding carboxylic acids is 1. The number of allylic oxidation sites excluding steroid dienone is 1. The maximum atomic E-state index is 12.2. The molecule has 0 fully saturated rings. The molecule has 0 unspecified atom stereocenters. The minimum absolute atomic E-state index is 0.136. The highest BCUT2D eigenvalue weighted by Gasteiger charge is 2.15. The smallest absolute Gasteiger partial charge is 0.345 e. The second kappa shape index (κ2) is 6.96. The molecule has 26 heavy (non-hydrogen) atoms. The summed E-state index contributed by atoms with van der Waals surface area (Å²) in [6, 6.07) is 3.68. The molecule has 0 saturated carbocycles. The maximum Gasteiger partial charge on any atom is 0.345 e. The number of hydrogen-bond acceptors (Lipinski definition) is 7. The topological polar surface area (TPSA) is 108 Å². The van der Waals surface area contributed by atoms with Crippen LogP contribution in [0.15, 0.2) is 35.1 Å². The van der Waals surface area contributed by atoms with Crippen LogP contribution in [0.25, 0.3) is 16.5 Å². The number of fused-ring (bicyclic) bond motifs is 1. The number of aromatic nitrogens is 1. The molecule has 3 aromatic rings. The lowest BCUT2D eigenvalue weighted by molar-refractivity contribution is -0.380. The van der Waals surface area contributed by atoms with Crippen LogP contribution in [0.3, 0.4) is 0 Å². The molecule has 0 saturated heterocycles. The summed E-state index contributed by atoms with van der Waals surface area (Å²) in [6.07, 6.45) is 4.16. The standard InChI is InChI=1S/C17H15N3O5S/c1-9(4-15(21)19-17-18-7-16(26-17)20(22)23)11-5-12-10(2)8-25-14(12)6-13(11)24-3/h4-8H,1-3H3,(H,18,19,21)/b9-4+. The lowest BCUT2D eigenvalue weighted by Crippen LogP contribution is -2.08. The molecule has 0 bridgehead atoms. The molecule has 0 aliphatic heterocycles. The number of rotatable bonds is 5. The van der Waals surface area contributed by atoms with Gasteiger partial charge in [-0.15, -0.1) is 0 Å². The normalized spacial score (nSPS) is 11.6. The number of ether oxygens (including phenoxy) is 1. The van der Waals surface area contributed by atoms with Crippen molar-refractivity contribution in [2.45, 2.75) is 13.8 Å². The summed E-state index contributed by atoms with van der Waals surface area (Å²) in [4.78, 5) is 26.1. The van der Waals surface area contributed by atoms with E-state index in [1.807, 2.05) is 13.0 Å². The summed E-state index contributed by atoms with van der Waals surface area (Å²) in [6.45, 7) is 3.71. The molecule has 0 spiro atoms. The fourth-order valence-electron chi connectivity index (χ4n) is 2.48. The summed E-state index contributed by atoms with van der Waals surface area (Å²) in [5.74, 6) is 0.149. The Morgan fingerprint density at radius 3 is 2.88 bits per heavy atom. The van der Waals surface area contributed by atoms with Gasteiger partial charge in [-0.2, -0.15) is 0 Å². The van der Waals surface area contributed by atoms with Crippen LogP contribution in [0.1, 0.15) is 18.1 Å². The first kappa shape index (κ1) is 17.6. The average molecular weight is 373 g/mol. The number of aryl methyl sites for hydroxylation is 1. The summed E-state index contributed by atoms with van der Waals surface area (Å²) >= 11 is 0.796. The van der Waals surface area contributed by atoms with Gasteiger partial charge in [-0.3, -0.25) is 20.2 Å². The van der Waals surface area contributed by atoms with Gasteiger partial charge in [0.25, 0.3) is 0 Å². The van der Waals surface area contributed by atoms with Crippen molar-refractivity contribution >= 4 is 43.9 Å². The van der Waals surface area contributed by atoms with Crippen molar-refractivity contribution in [2.75, 3.05) is 12.4 Å². The summed E-state index contributed by atoms with van der Waals surface area (Å²) in [5, 5.41) is 14.2. The second-order valence-electron chi connectivity index (χ2n) is 5.54. The van der Waals surface area contributed by atoms with Crippen LogP contribution in [0.4, 0.5) is 10.1 Å². The van der Waals surface area contributed by atoms with Crippen molar-refractivity contribution in [1.82, 2.24) is 4.98 Å². The molecule has 0 aliphatic carbocycles. The van der Waals surface area contributed by atoms with Crippen molar-refractivity contribution in [3.8, 4) is 5.75 Å². The quantitative estimate of drug-likeness (QED) is 0.409. The second-order valence-corrected chi connectivity index (χ2v) is 6.55. The Morgan fingerprint density at radius 1 is 1.46 bits per heavy atom. The van der Waals surface area contributed by atoms with E-state index in [-0.39, 0.29) is 10.1 Å². The first-order valence-corrected chi connectivity index (χ1v) is 8.36. The average Bonchev–Trinajstić information content (AvgIpc) is 3.20. The Labute approximate surface area is 152 Å². The van der Waals surface area contributed by atoms with Crippen molar-refractivity contribution in [1.29, 1.82) is 0 Å². The van der Waals surface area contributed by atoms with E-state index < -0.39 is 10.8 Å². The molecule has 0 aliphatic rings. The number of methoxy groups -OCH3 is 1. The van der Waals surface area contributed by atoms with E-state index in [1.165, 1.54) is 6.08 Å². The molecule has 1 N–H and O–H groups in total. The lowest BCUT2D eigenvalue weighted by Gasteiger charge is -2.09. The molecule has 3 rings (SSSR count). The Morgan fingerprint density at radius 2 is 2.23 bits per heavy atom. The van der Waals surface area contributed by atoms with E-state index in [9.17, 15) is 14.9 Å². The largest absolute Gasteiger partial charge is 0.496 e. The SMILES string of the molecule is COc1cc2occ(C)c2cc1/C(C)=C/C(=O)Nc1ncc([N+](=O)[O-])s1. The predicted octanol–water partition coefficient (Wildman–Crippen LogP) is 4.16. The minimum atomic E-state index is -0.554. The molecular formula is C17H15N3O5S.